The van der Waals surface area contributed by atoms with E-state index in [0.29, 0.717) is 21.6 Å². The summed E-state index contributed by atoms with van der Waals surface area (Å²) in [7, 11) is 0. The van der Waals surface area contributed by atoms with Gasteiger partial charge >= 0.3 is 0 Å². The lowest BCUT2D eigenvalue weighted by molar-refractivity contribution is 0.445. The topological polar surface area (TPSA) is 70.7 Å². The Labute approximate surface area is 112 Å². The van der Waals surface area contributed by atoms with E-state index in [2.05, 4.69) is 36.2 Å². The summed E-state index contributed by atoms with van der Waals surface area (Å²) in [5.41, 5.74) is 0.896. The third-order valence-corrected chi connectivity index (χ3v) is 3.71. The first-order valence-corrected chi connectivity index (χ1v) is 6.80. The molecule has 18 heavy (non-hydrogen) atoms. The molecule has 1 fully saturated rings. The summed E-state index contributed by atoms with van der Waals surface area (Å²) in [4.78, 5) is 23.6. The second-order valence-electron chi connectivity index (χ2n) is 4.48. The lowest BCUT2D eigenvalue weighted by Crippen LogP contribution is -2.28. The second-order valence-corrected chi connectivity index (χ2v) is 5.29. The Hall–Kier alpha value is -1.27. The Morgan fingerprint density at radius 1 is 1.22 bits per heavy atom. The van der Waals surface area contributed by atoms with Crippen LogP contribution in [0.15, 0.2) is 21.5 Å². The van der Waals surface area contributed by atoms with Gasteiger partial charge in [0.1, 0.15) is 10.4 Å². The third kappa shape index (κ3) is 2.18. The number of fused-ring (bicyclic) bond motifs is 1. The molecule has 0 aliphatic carbocycles. The molecule has 3 heterocycles. The monoisotopic (exact) mass is 308 g/mol. The van der Waals surface area contributed by atoms with Crippen molar-refractivity contribution in [3.63, 3.8) is 0 Å². The molecule has 1 aliphatic rings. The van der Waals surface area contributed by atoms with Crippen LogP contribution >= 0.6 is 15.9 Å². The number of rotatable bonds is 1. The predicted molar refractivity (Wildman–Crippen MR) is 72.7 cm³/mol. The second kappa shape index (κ2) is 4.78. The zero-order chi connectivity index (χ0) is 12.5. The van der Waals surface area contributed by atoms with E-state index >= 15 is 0 Å². The van der Waals surface area contributed by atoms with E-state index in [1.54, 1.807) is 6.07 Å². The lowest BCUT2D eigenvalue weighted by Gasteiger charge is -2.21. The van der Waals surface area contributed by atoms with Crippen LogP contribution in [-0.4, -0.2) is 28.0 Å². The highest BCUT2D eigenvalue weighted by atomic mass is 79.9. The molecule has 1 saturated heterocycles. The van der Waals surface area contributed by atoms with Crippen molar-refractivity contribution in [2.24, 2.45) is 0 Å². The average molecular weight is 309 g/mol. The molecule has 2 aromatic rings. The molecule has 0 unspecified atom stereocenters. The molecule has 5 nitrogen and oxygen atoms in total. The number of nitrogens with zero attached hydrogens (tertiary/aromatic N) is 2. The van der Waals surface area contributed by atoms with Gasteiger partial charge in [-0.2, -0.15) is 0 Å². The van der Waals surface area contributed by atoms with Crippen LogP contribution in [0.3, 0.4) is 0 Å². The molecule has 3 rings (SSSR count). The van der Waals surface area contributed by atoms with Crippen molar-refractivity contribution in [1.29, 1.82) is 0 Å². The number of hydrogen-bond donors (Lipinski definition) is 2. The molecule has 2 aromatic heterocycles. The maximum Gasteiger partial charge on any atom is 0.277 e. The molecule has 94 valence electrons. The molecular weight excluding hydrogens is 296 g/mol. The Balaban J connectivity index is 2.09. The van der Waals surface area contributed by atoms with Crippen LogP contribution in [0, 0.1) is 0 Å². The van der Waals surface area contributed by atoms with Gasteiger partial charge in [-0.25, -0.2) is 9.97 Å². The van der Waals surface area contributed by atoms with Gasteiger partial charge in [0.15, 0.2) is 5.52 Å². The first-order chi connectivity index (χ1) is 8.74. The number of aromatic amines is 1. The molecular formula is C12H13BrN4O. The highest BCUT2D eigenvalue weighted by Crippen LogP contribution is 2.22. The summed E-state index contributed by atoms with van der Waals surface area (Å²) < 4.78 is 0.650. The van der Waals surface area contributed by atoms with Gasteiger partial charge in [0.25, 0.3) is 5.56 Å². The highest BCUT2D eigenvalue weighted by Gasteiger charge is 2.18. The highest BCUT2D eigenvalue weighted by molar-refractivity contribution is 9.10. The minimum Gasteiger partial charge on any atom is -0.317 e. The molecule has 6 heteroatoms. The van der Waals surface area contributed by atoms with Crippen LogP contribution in [0.5, 0.6) is 0 Å². The van der Waals surface area contributed by atoms with Crippen molar-refractivity contribution >= 4 is 27.0 Å². The van der Waals surface area contributed by atoms with Gasteiger partial charge in [0.05, 0.1) is 5.52 Å². The first kappa shape index (κ1) is 11.8. The minimum absolute atomic E-state index is 0.158. The van der Waals surface area contributed by atoms with E-state index in [9.17, 15) is 4.79 Å². The van der Waals surface area contributed by atoms with Crippen LogP contribution in [0.1, 0.15) is 24.6 Å². The molecule has 0 radical (unpaired) electrons. The van der Waals surface area contributed by atoms with Crippen molar-refractivity contribution in [1.82, 2.24) is 20.3 Å². The standard InChI is InChI=1S/C12H13BrN4O/c13-9-2-1-8-10(16-9)12(18)17-11(15-8)7-3-5-14-6-4-7/h1-2,7,14H,3-6H2,(H,15,17,18). The van der Waals surface area contributed by atoms with E-state index in [1.165, 1.54) is 0 Å². The lowest BCUT2D eigenvalue weighted by atomic mass is 9.97. The Bertz CT molecular complexity index is 634. The number of aromatic nitrogens is 3. The molecule has 2 N–H and O–H groups in total. The first-order valence-electron chi connectivity index (χ1n) is 6.01. The maximum atomic E-state index is 12.0. The van der Waals surface area contributed by atoms with Crippen molar-refractivity contribution in [3.8, 4) is 0 Å². The summed E-state index contributed by atoms with van der Waals surface area (Å²) in [5, 5.41) is 3.31. The van der Waals surface area contributed by atoms with Crippen LogP contribution in [0.25, 0.3) is 11.0 Å². The number of pyridine rings is 1. The van der Waals surface area contributed by atoms with E-state index in [-0.39, 0.29) is 5.56 Å². The summed E-state index contributed by atoms with van der Waals surface area (Å²) in [6, 6.07) is 3.63. The SMILES string of the molecule is O=c1[nH]c(C2CCNCC2)nc2ccc(Br)nc12. The van der Waals surface area contributed by atoms with Gasteiger partial charge in [-0.05, 0) is 54.0 Å². The van der Waals surface area contributed by atoms with Crippen LogP contribution < -0.4 is 10.9 Å². The minimum atomic E-state index is -0.158. The van der Waals surface area contributed by atoms with Crippen molar-refractivity contribution in [3.05, 3.63) is 32.9 Å². The molecule has 0 aromatic carbocycles. The normalized spacial score (nSPS) is 17.2. The van der Waals surface area contributed by atoms with Gasteiger partial charge in [0.2, 0.25) is 0 Å². The quantitative estimate of drug-likeness (QED) is 0.784. The molecule has 0 atom stereocenters. The van der Waals surface area contributed by atoms with E-state index < -0.39 is 0 Å². The summed E-state index contributed by atoms with van der Waals surface area (Å²) in [6.45, 7) is 1.95. The van der Waals surface area contributed by atoms with Gasteiger partial charge < -0.3 is 10.3 Å². The fourth-order valence-electron chi connectivity index (χ4n) is 2.31. The van der Waals surface area contributed by atoms with Gasteiger partial charge in [0, 0.05) is 5.92 Å². The zero-order valence-electron chi connectivity index (χ0n) is 9.74. The molecule has 0 bridgehead atoms. The predicted octanol–water partition coefficient (Wildman–Crippen LogP) is 1.55. The Kier molecular flexibility index (Phi) is 3.13. The fourth-order valence-corrected chi connectivity index (χ4v) is 2.62. The van der Waals surface area contributed by atoms with Gasteiger partial charge in [-0.1, -0.05) is 0 Å². The third-order valence-electron chi connectivity index (χ3n) is 3.26. The number of H-pyrrole nitrogens is 1. The van der Waals surface area contributed by atoms with Crippen molar-refractivity contribution < 1.29 is 0 Å². The van der Waals surface area contributed by atoms with Crippen LogP contribution in [-0.2, 0) is 0 Å². The van der Waals surface area contributed by atoms with E-state index in [1.807, 2.05) is 6.07 Å². The zero-order valence-corrected chi connectivity index (χ0v) is 11.3. The number of hydrogen-bond acceptors (Lipinski definition) is 4. The molecule has 0 saturated carbocycles. The summed E-state index contributed by atoms with van der Waals surface area (Å²) >= 11 is 3.26. The maximum absolute atomic E-state index is 12.0. The largest absolute Gasteiger partial charge is 0.317 e. The smallest absolute Gasteiger partial charge is 0.277 e. The molecule has 0 amide bonds. The van der Waals surface area contributed by atoms with Crippen LogP contribution in [0.2, 0.25) is 0 Å². The molecule has 1 aliphatic heterocycles. The van der Waals surface area contributed by atoms with Crippen molar-refractivity contribution in [2.75, 3.05) is 13.1 Å². The van der Waals surface area contributed by atoms with Gasteiger partial charge in [-0.15, -0.1) is 0 Å². The van der Waals surface area contributed by atoms with E-state index in [4.69, 9.17) is 0 Å². The number of halogens is 1. The number of nitrogens with one attached hydrogen (secondary N) is 2. The molecule has 0 spiro atoms. The average Bonchev–Trinajstić information content (AvgIpc) is 2.40. The Morgan fingerprint density at radius 3 is 2.78 bits per heavy atom. The fraction of sp³-hybridized carbons (Fsp3) is 0.417. The van der Waals surface area contributed by atoms with E-state index in [0.717, 1.165) is 31.8 Å². The van der Waals surface area contributed by atoms with Crippen molar-refractivity contribution in [2.45, 2.75) is 18.8 Å². The van der Waals surface area contributed by atoms with Gasteiger partial charge in [-0.3, -0.25) is 4.79 Å². The number of piperidine rings is 1. The summed E-state index contributed by atoms with van der Waals surface area (Å²) in [6.07, 6.45) is 2.02. The summed E-state index contributed by atoms with van der Waals surface area (Å²) in [5.74, 6) is 1.13. The Morgan fingerprint density at radius 2 is 2.00 bits per heavy atom. The van der Waals surface area contributed by atoms with Crippen LogP contribution in [0.4, 0.5) is 0 Å².